The highest BCUT2D eigenvalue weighted by atomic mass is 16.2. The van der Waals surface area contributed by atoms with Crippen molar-refractivity contribution in [2.75, 3.05) is 26.7 Å². The zero-order valence-electron chi connectivity index (χ0n) is 20.9. The van der Waals surface area contributed by atoms with Gasteiger partial charge in [0.1, 0.15) is 6.04 Å². The lowest BCUT2D eigenvalue weighted by Crippen LogP contribution is -2.50. The molecule has 0 spiro atoms. The van der Waals surface area contributed by atoms with E-state index in [2.05, 4.69) is 28.8 Å². The fraction of sp³-hybridized carbons (Fsp3) is 0.345. The third kappa shape index (κ3) is 6.92. The van der Waals surface area contributed by atoms with Crippen LogP contribution in [0.3, 0.4) is 0 Å². The van der Waals surface area contributed by atoms with E-state index in [0.29, 0.717) is 19.5 Å². The SMILES string of the molecule is CC(=O)NC1CCN(CC(=O)N[C@@H](Cc2ccc3ccccc3c2)C(=O)N(C)Cc2ccccc2)C1. The first-order chi connectivity index (χ1) is 17.4. The molecule has 1 aliphatic rings. The van der Waals surface area contributed by atoms with Crippen molar-refractivity contribution in [3.63, 3.8) is 0 Å². The topological polar surface area (TPSA) is 81.8 Å². The van der Waals surface area contributed by atoms with E-state index < -0.39 is 6.04 Å². The second kappa shape index (κ2) is 11.8. The number of benzene rings is 3. The van der Waals surface area contributed by atoms with Gasteiger partial charge in [0.2, 0.25) is 17.7 Å². The number of nitrogens with one attached hydrogen (secondary N) is 2. The van der Waals surface area contributed by atoms with Crippen LogP contribution in [0, 0.1) is 0 Å². The first kappa shape index (κ1) is 25.4. The molecule has 1 unspecified atom stereocenters. The summed E-state index contributed by atoms with van der Waals surface area (Å²) < 4.78 is 0. The number of carbonyl (C=O) groups is 3. The quantitative estimate of drug-likeness (QED) is 0.487. The summed E-state index contributed by atoms with van der Waals surface area (Å²) in [6.45, 7) is 3.53. The molecule has 3 aromatic carbocycles. The molecule has 0 aliphatic carbocycles. The smallest absolute Gasteiger partial charge is 0.245 e. The highest BCUT2D eigenvalue weighted by molar-refractivity contribution is 5.89. The Balaban J connectivity index is 1.46. The van der Waals surface area contributed by atoms with Gasteiger partial charge in [-0.05, 0) is 28.3 Å². The predicted molar refractivity (Wildman–Crippen MR) is 141 cm³/mol. The predicted octanol–water partition coefficient (Wildman–Crippen LogP) is 2.74. The summed E-state index contributed by atoms with van der Waals surface area (Å²) in [6.07, 6.45) is 1.22. The number of nitrogens with zero attached hydrogens (tertiary/aromatic N) is 2. The van der Waals surface area contributed by atoms with Crippen LogP contribution in [0.2, 0.25) is 0 Å². The van der Waals surface area contributed by atoms with Crippen molar-refractivity contribution < 1.29 is 14.4 Å². The standard InChI is InChI=1S/C29H34N4O3/c1-21(34)30-26-14-15-33(19-26)20-28(35)31-27(29(36)32(2)18-22-8-4-3-5-9-22)17-23-12-13-24-10-6-7-11-25(24)16-23/h3-13,16,26-27H,14-15,17-20H2,1-2H3,(H,30,34)(H,31,35)/t26?,27-/m0/s1. The van der Waals surface area contributed by atoms with E-state index in [0.717, 1.165) is 34.9 Å². The third-order valence-electron chi connectivity index (χ3n) is 6.57. The van der Waals surface area contributed by atoms with E-state index in [-0.39, 0.29) is 30.3 Å². The monoisotopic (exact) mass is 486 g/mol. The number of hydrogen-bond acceptors (Lipinski definition) is 4. The molecular formula is C29H34N4O3. The van der Waals surface area contributed by atoms with E-state index in [1.165, 1.54) is 6.92 Å². The summed E-state index contributed by atoms with van der Waals surface area (Å²) in [6, 6.07) is 23.5. The Labute approximate surface area is 212 Å². The first-order valence-corrected chi connectivity index (χ1v) is 12.4. The molecule has 1 saturated heterocycles. The Kier molecular flexibility index (Phi) is 8.33. The van der Waals surface area contributed by atoms with Crippen molar-refractivity contribution in [1.29, 1.82) is 0 Å². The molecule has 0 saturated carbocycles. The van der Waals surface area contributed by atoms with E-state index in [1.54, 1.807) is 11.9 Å². The lowest BCUT2D eigenvalue weighted by atomic mass is 10.0. The average Bonchev–Trinajstić information content (AvgIpc) is 3.29. The Bertz CT molecular complexity index is 1210. The fourth-order valence-corrected chi connectivity index (χ4v) is 4.83. The van der Waals surface area contributed by atoms with Gasteiger partial charge in [-0.1, -0.05) is 72.8 Å². The minimum atomic E-state index is -0.680. The zero-order chi connectivity index (χ0) is 25.5. The van der Waals surface area contributed by atoms with Gasteiger partial charge in [-0.25, -0.2) is 0 Å². The van der Waals surface area contributed by atoms with Crippen molar-refractivity contribution in [2.45, 2.75) is 38.4 Å². The lowest BCUT2D eigenvalue weighted by Gasteiger charge is -2.26. The fourth-order valence-electron chi connectivity index (χ4n) is 4.83. The second-order valence-corrected chi connectivity index (χ2v) is 9.61. The molecule has 3 aromatic rings. The van der Waals surface area contributed by atoms with Crippen LogP contribution in [0.1, 0.15) is 24.5 Å². The van der Waals surface area contributed by atoms with Crippen LogP contribution in [0.4, 0.5) is 0 Å². The number of carbonyl (C=O) groups excluding carboxylic acids is 3. The van der Waals surface area contributed by atoms with Crippen molar-refractivity contribution in [3.05, 3.63) is 83.9 Å². The number of likely N-dealkylation sites (tertiary alicyclic amines) is 1. The Morgan fingerprint density at radius 1 is 0.972 bits per heavy atom. The summed E-state index contributed by atoms with van der Waals surface area (Å²) in [5, 5.41) is 8.16. The van der Waals surface area contributed by atoms with E-state index in [1.807, 2.05) is 59.5 Å². The first-order valence-electron chi connectivity index (χ1n) is 12.4. The molecule has 1 heterocycles. The van der Waals surface area contributed by atoms with Crippen LogP contribution in [0.5, 0.6) is 0 Å². The Hall–Kier alpha value is -3.71. The second-order valence-electron chi connectivity index (χ2n) is 9.61. The van der Waals surface area contributed by atoms with E-state index in [4.69, 9.17) is 0 Å². The van der Waals surface area contributed by atoms with Crippen LogP contribution in [-0.2, 0) is 27.3 Å². The van der Waals surface area contributed by atoms with Gasteiger partial charge in [-0.2, -0.15) is 0 Å². The van der Waals surface area contributed by atoms with Gasteiger partial charge in [0.25, 0.3) is 0 Å². The molecular weight excluding hydrogens is 452 g/mol. The number of rotatable bonds is 9. The lowest BCUT2D eigenvalue weighted by molar-refractivity contribution is -0.136. The molecule has 7 heteroatoms. The summed E-state index contributed by atoms with van der Waals surface area (Å²) >= 11 is 0. The maximum atomic E-state index is 13.5. The van der Waals surface area contributed by atoms with Crippen LogP contribution < -0.4 is 10.6 Å². The summed E-state index contributed by atoms with van der Waals surface area (Å²) in [5.74, 6) is -0.377. The van der Waals surface area contributed by atoms with Gasteiger partial charge in [0, 0.05) is 46.1 Å². The Morgan fingerprint density at radius 3 is 2.44 bits per heavy atom. The molecule has 1 fully saturated rings. The molecule has 2 atom stereocenters. The summed E-state index contributed by atoms with van der Waals surface area (Å²) in [4.78, 5) is 41.6. The van der Waals surface area contributed by atoms with Crippen molar-refractivity contribution in [1.82, 2.24) is 20.4 Å². The number of hydrogen-bond donors (Lipinski definition) is 2. The normalized spacial score (nSPS) is 16.4. The Morgan fingerprint density at radius 2 is 1.69 bits per heavy atom. The minimum Gasteiger partial charge on any atom is -0.352 e. The molecule has 3 amide bonds. The van der Waals surface area contributed by atoms with Crippen LogP contribution in [0.15, 0.2) is 72.8 Å². The molecule has 2 N–H and O–H groups in total. The van der Waals surface area contributed by atoms with Gasteiger partial charge in [-0.15, -0.1) is 0 Å². The van der Waals surface area contributed by atoms with Crippen molar-refractivity contribution in [2.24, 2.45) is 0 Å². The molecule has 0 aromatic heterocycles. The van der Waals surface area contributed by atoms with Crippen LogP contribution in [0.25, 0.3) is 10.8 Å². The third-order valence-corrected chi connectivity index (χ3v) is 6.57. The number of likely N-dealkylation sites (N-methyl/N-ethyl adjacent to an activating group) is 1. The van der Waals surface area contributed by atoms with Crippen molar-refractivity contribution in [3.8, 4) is 0 Å². The molecule has 7 nitrogen and oxygen atoms in total. The van der Waals surface area contributed by atoms with Crippen molar-refractivity contribution >= 4 is 28.5 Å². The highest BCUT2D eigenvalue weighted by Gasteiger charge is 2.28. The molecule has 36 heavy (non-hydrogen) atoms. The van der Waals surface area contributed by atoms with E-state index in [9.17, 15) is 14.4 Å². The van der Waals surface area contributed by atoms with Gasteiger partial charge in [-0.3, -0.25) is 19.3 Å². The maximum absolute atomic E-state index is 13.5. The molecule has 188 valence electrons. The molecule has 4 rings (SSSR count). The van der Waals surface area contributed by atoms with Crippen LogP contribution >= 0.6 is 0 Å². The largest absolute Gasteiger partial charge is 0.352 e. The highest BCUT2D eigenvalue weighted by Crippen LogP contribution is 2.18. The summed E-state index contributed by atoms with van der Waals surface area (Å²) in [5.41, 5.74) is 2.03. The molecule has 1 aliphatic heterocycles. The summed E-state index contributed by atoms with van der Waals surface area (Å²) in [7, 11) is 1.77. The molecule has 0 radical (unpaired) electrons. The minimum absolute atomic E-state index is 0.0577. The van der Waals surface area contributed by atoms with Gasteiger partial charge in [0.15, 0.2) is 0 Å². The maximum Gasteiger partial charge on any atom is 0.245 e. The van der Waals surface area contributed by atoms with E-state index >= 15 is 0 Å². The van der Waals surface area contributed by atoms with Crippen LogP contribution in [-0.4, -0.2) is 66.3 Å². The number of fused-ring (bicyclic) bond motifs is 1. The number of amides is 3. The van der Waals surface area contributed by atoms with Gasteiger partial charge in [0.05, 0.1) is 6.54 Å². The van der Waals surface area contributed by atoms with Gasteiger partial charge >= 0.3 is 0 Å². The van der Waals surface area contributed by atoms with Gasteiger partial charge < -0.3 is 15.5 Å². The zero-order valence-corrected chi connectivity index (χ0v) is 20.9. The molecule has 0 bridgehead atoms. The average molecular weight is 487 g/mol.